The van der Waals surface area contributed by atoms with Crippen LogP contribution >= 0.6 is 23.5 Å². The molecule has 0 saturated carbocycles. The number of nitrogens with zero attached hydrogens (tertiary/aromatic N) is 1. The van der Waals surface area contributed by atoms with E-state index in [1.807, 2.05) is 6.07 Å². The maximum absolute atomic E-state index is 12.0. The molecule has 0 aromatic heterocycles. The van der Waals surface area contributed by atoms with E-state index in [4.69, 9.17) is 0 Å². The smallest absolute Gasteiger partial charge is 0.331 e. The number of hydrogen-bond acceptors (Lipinski definition) is 5. The first-order chi connectivity index (χ1) is 10.6. The van der Waals surface area contributed by atoms with Gasteiger partial charge in [0.2, 0.25) is 11.0 Å². The lowest BCUT2D eigenvalue weighted by Crippen LogP contribution is -2.53. The second kappa shape index (κ2) is 6.18. The van der Waals surface area contributed by atoms with E-state index < -0.39 is 12.0 Å². The Morgan fingerprint density at radius 1 is 1.36 bits per heavy atom. The zero-order chi connectivity index (χ0) is 15.7. The third-order valence-electron chi connectivity index (χ3n) is 3.51. The van der Waals surface area contributed by atoms with Crippen molar-refractivity contribution in [2.24, 2.45) is 0 Å². The van der Waals surface area contributed by atoms with Crippen LogP contribution < -0.4 is 0 Å². The van der Waals surface area contributed by atoms with Gasteiger partial charge in [-0.1, -0.05) is 48.2 Å². The molecule has 0 radical (unpaired) electrons. The molecule has 2 aliphatic heterocycles. The highest BCUT2D eigenvalue weighted by atomic mass is 32.2. The van der Waals surface area contributed by atoms with Crippen LogP contribution in [-0.2, 0) is 9.59 Å². The van der Waals surface area contributed by atoms with E-state index in [0.717, 1.165) is 11.8 Å². The van der Waals surface area contributed by atoms with Crippen molar-refractivity contribution in [2.75, 3.05) is 5.75 Å². The number of benzene rings is 1. The van der Waals surface area contributed by atoms with Gasteiger partial charge >= 0.3 is 5.97 Å². The van der Waals surface area contributed by atoms with Gasteiger partial charge in [0, 0.05) is 16.2 Å². The van der Waals surface area contributed by atoms with Gasteiger partial charge in [-0.25, -0.2) is 4.79 Å². The minimum absolute atomic E-state index is 0.0494. The number of aliphatic carboxylic acids is 1. The summed E-state index contributed by atoms with van der Waals surface area (Å²) < 4.78 is 0. The van der Waals surface area contributed by atoms with Crippen molar-refractivity contribution in [1.29, 1.82) is 0 Å². The summed E-state index contributed by atoms with van der Waals surface area (Å²) in [6.07, 6.45) is 2.14. The van der Waals surface area contributed by atoms with Crippen LogP contribution in [0.25, 0.3) is 0 Å². The van der Waals surface area contributed by atoms with Crippen LogP contribution in [0.5, 0.6) is 0 Å². The molecule has 2 fully saturated rings. The Morgan fingerprint density at radius 3 is 2.73 bits per heavy atom. The Kier molecular flexibility index (Phi) is 4.26. The van der Waals surface area contributed by atoms with Crippen LogP contribution in [0.15, 0.2) is 41.3 Å². The SMILES string of the molecule is O=C(SCC=C1S[C@@H]2CC(=O)N2C1C(=O)O)c1ccccc1. The lowest BCUT2D eigenvalue weighted by molar-refractivity contribution is -0.154. The van der Waals surface area contributed by atoms with Crippen molar-refractivity contribution in [3.8, 4) is 0 Å². The molecule has 1 unspecified atom stereocenters. The van der Waals surface area contributed by atoms with Crippen LogP contribution in [0.3, 0.4) is 0 Å². The van der Waals surface area contributed by atoms with Crippen LogP contribution in [-0.4, -0.2) is 44.2 Å². The van der Waals surface area contributed by atoms with Crippen molar-refractivity contribution in [2.45, 2.75) is 17.8 Å². The number of carbonyl (C=O) groups excluding carboxylic acids is 2. The summed E-state index contributed by atoms with van der Waals surface area (Å²) in [6, 6.07) is 8.06. The number of carboxylic acid groups (broad SMARTS) is 1. The first-order valence-electron chi connectivity index (χ1n) is 6.71. The van der Waals surface area contributed by atoms with E-state index in [2.05, 4.69) is 0 Å². The van der Waals surface area contributed by atoms with Crippen LogP contribution in [0.2, 0.25) is 0 Å². The highest BCUT2D eigenvalue weighted by Gasteiger charge is 2.52. The Hall–Kier alpha value is -1.73. The van der Waals surface area contributed by atoms with Crippen LogP contribution in [0.4, 0.5) is 0 Å². The standard InChI is InChI=1S/C15H13NO4S2/c17-11-8-12-16(11)13(14(18)19)10(22-12)6-7-21-15(20)9-4-2-1-3-5-9/h1-6,12-13H,7-8H2,(H,18,19)/t12-,13?/m1/s1. The number of thioether (sulfide) groups is 2. The van der Waals surface area contributed by atoms with Gasteiger partial charge in [0.1, 0.15) is 0 Å². The zero-order valence-electron chi connectivity index (χ0n) is 11.5. The van der Waals surface area contributed by atoms with E-state index >= 15 is 0 Å². The summed E-state index contributed by atoms with van der Waals surface area (Å²) >= 11 is 2.54. The van der Waals surface area contributed by atoms with Gasteiger partial charge in [-0.05, 0) is 0 Å². The van der Waals surface area contributed by atoms with Gasteiger partial charge in [-0.2, -0.15) is 0 Å². The lowest BCUT2D eigenvalue weighted by Gasteiger charge is -2.35. The van der Waals surface area contributed by atoms with Crippen LogP contribution in [0.1, 0.15) is 16.8 Å². The summed E-state index contributed by atoms with van der Waals surface area (Å²) in [5.74, 6) is -0.746. The molecule has 1 aromatic carbocycles. The average Bonchev–Trinajstić information content (AvgIpc) is 2.80. The number of fused-ring (bicyclic) bond motifs is 1. The summed E-state index contributed by atoms with van der Waals surface area (Å²) in [5.41, 5.74) is 0.624. The maximum Gasteiger partial charge on any atom is 0.331 e. The highest BCUT2D eigenvalue weighted by Crippen LogP contribution is 2.46. The first-order valence-corrected chi connectivity index (χ1v) is 8.57. The minimum atomic E-state index is -1.02. The fourth-order valence-electron chi connectivity index (χ4n) is 2.43. The molecule has 2 heterocycles. The predicted molar refractivity (Wildman–Crippen MR) is 85.6 cm³/mol. The van der Waals surface area contributed by atoms with Crippen LogP contribution in [0, 0.1) is 0 Å². The Morgan fingerprint density at radius 2 is 2.09 bits per heavy atom. The molecule has 22 heavy (non-hydrogen) atoms. The molecule has 0 bridgehead atoms. The molecule has 2 saturated heterocycles. The number of carboxylic acids is 1. The van der Waals surface area contributed by atoms with Crippen molar-refractivity contribution >= 4 is 40.5 Å². The number of hydrogen-bond donors (Lipinski definition) is 1. The molecule has 2 atom stereocenters. The highest BCUT2D eigenvalue weighted by molar-refractivity contribution is 8.14. The largest absolute Gasteiger partial charge is 0.479 e. The monoisotopic (exact) mass is 335 g/mol. The summed E-state index contributed by atoms with van der Waals surface area (Å²) in [4.78, 5) is 36.9. The number of amides is 1. The fourth-order valence-corrected chi connectivity index (χ4v) is 4.66. The molecule has 0 aliphatic carbocycles. The van der Waals surface area contributed by atoms with Gasteiger partial charge in [-0.3, -0.25) is 9.59 Å². The third-order valence-corrected chi connectivity index (χ3v) is 5.67. The number of rotatable bonds is 4. The molecule has 5 nitrogen and oxygen atoms in total. The normalized spacial score (nSPS) is 25.0. The number of β-lactam (4-membered cyclic amide) rings is 1. The van der Waals surface area contributed by atoms with Gasteiger partial charge in [0.05, 0.1) is 11.8 Å². The minimum Gasteiger partial charge on any atom is -0.479 e. The molecular weight excluding hydrogens is 322 g/mol. The van der Waals surface area contributed by atoms with Gasteiger partial charge in [0.15, 0.2) is 6.04 Å². The topological polar surface area (TPSA) is 74.7 Å². The average molecular weight is 335 g/mol. The van der Waals surface area contributed by atoms with E-state index in [-0.39, 0.29) is 16.4 Å². The predicted octanol–water partition coefficient (Wildman–Crippen LogP) is 2.20. The van der Waals surface area contributed by atoms with E-state index in [9.17, 15) is 19.5 Å². The molecule has 114 valence electrons. The number of carbonyl (C=O) groups is 3. The summed E-state index contributed by atoms with van der Waals surface area (Å²) in [6.45, 7) is 0. The molecule has 0 spiro atoms. The van der Waals surface area contributed by atoms with Gasteiger partial charge in [-0.15, -0.1) is 11.8 Å². The molecule has 1 amide bonds. The molecule has 1 N–H and O–H groups in total. The summed E-state index contributed by atoms with van der Waals surface area (Å²) in [7, 11) is 0. The maximum atomic E-state index is 12.0. The van der Waals surface area contributed by atoms with Crippen molar-refractivity contribution in [3.05, 3.63) is 46.9 Å². The van der Waals surface area contributed by atoms with E-state index in [1.165, 1.54) is 16.7 Å². The first kappa shape index (κ1) is 15.2. The molecule has 1 aromatic rings. The molecule has 3 rings (SSSR count). The fraction of sp³-hybridized carbons (Fsp3) is 0.267. The second-order valence-corrected chi connectivity index (χ2v) is 7.13. The second-order valence-electron chi connectivity index (χ2n) is 4.89. The third kappa shape index (κ3) is 2.78. The molecule has 7 heteroatoms. The molecule has 2 aliphatic rings. The Bertz CT molecular complexity index is 659. The van der Waals surface area contributed by atoms with E-state index in [1.54, 1.807) is 30.3 Å². The van der Waals surface area contributed by atoms with E-state index in [0.29, 0.717) is 22.6 Å². The Labute approximate surface area is 135 Å². The van der Waals surface area contributed by atoms with Gasteiger partial charge < -0.3 is 10.0 Å². The molecular formula is C15H13NO4S2. The summed E-state index contributed by atoms with van der Waals surface area (Å²) in [5, 5.41) is 9.18. The van der Waals surface area contributed by atoms with Crippen molar-refractivity contribution in [1.82, 2.24) is 4.90 Å². The quantitative estimate of drug-likeness (QED) is 0.850. The van der Waals surface area contributed by atoms with Crippen molar-refractivity contribution < 1.29 is 19.5 Å². The lowest BCUT2D eigenvalue weighted by atomic mass is 10.1. The van der Waals surface area contributed by atoms with Crippen molar-refractivity contribution in [3.63, 3.8) is 0 Å². The zero-order valence-corrected chi connectivity index (χ0v) is 13.1. The Balaban J connectivity index is 1.64. The van der Waals surface area contributed by atoms with Gasteiger partial charge in [0.25, 0.3) is 0 Å².